The standard InChI is InChI=1S/C24H39NO3S/c1-6-8-9-10-11-12-13-20(26)25-22-21(23(27)28-7-2)18-15-14-17(24(3,4)5)16-19(18)29-22/h17H,6-16H2,1-5H3,(H,25,26). The highest BCUT2D eigenvalue weighted by Gasteiger charge is 2.34. The predicted molar refractivity (Wildman–Crippen MR) is 122 cm³/mol. The van der Waals surface area contributed by atoms with E-state index in [1.807, 2.05) is 6.92 Å². The van der Waals surface area contributed by atoms with Gasteiger partial charge in [0.25, 0.3) is 0 Å². The fourth-order valence-electron chi connectivity index (χ4n) is 4.09. The number of esters is 1. The van der Waals surface area contributed by atoms with Gasteiger partial charge in [-0.15, -0.1) is 11.3 Å². The van der Waals surface area contributed by atoms with Crippen molar-refractivity contribution in [3.05, 3.63) is 16.0 Å². The largest absolute Gasteiger partial charge is 0.462 e. The topological polar surface area (TPSA) is 55.4 Å². The van der Waals surface area contributed by atoms with E-state index in [9.17, 15) is 9.59 Å². The van der Waals surface area contributed by atoms with Crippen LogP contribution in [0.25, 0.3) is 0 Å². The van der Waals surface area contributed by atoms with Crippen LogP contribution in [0.1, 0.15) is 107 Å². The molecule has 1 aliphatic rings. The van der Waals surface area contributed by atoms with Crippen LogP contribution >= 0.6 is 11.3 Å². The third-order valence-corrected chi connectivity index (χ3v) is 7.15. The normalized spacial score (nSPS) is 16.4. The van der Waals surface area contributed by atoms with Gasteiger partial charge in [-0.25, -0.2) is 4.79 Å². The van der Waals surface area contributed by atoms with Gasteiger partial charge in [0, 0.05) is 11.3 Å². The van der Waals surface area contributed by atoms with Crippen molar-refractivity contribution in [1.82, 2.24) is 0 Å². The summed E-state index contributed by atoms with van der Waals surface area (Å²) in [6, 6.07) is 0. The zero-order valence-corrected chi connectivity index (χ0v) is 19.8. The molecule has 4 nitrogen and oxygen atoms in total. The second-order valence-corrected chi connectivity index (χ2v) is 10.4. The monoisotopic (exact) mass is 421 g/mol. The summed E-state index contributed by atoms with van der Waals surface area (Å²) in [6.45, 7) is 11.2. The third-order valence-electron chi connectivity index (χ3n) is 5.98. The summed E-state index contributed by atoms with van der Waals surface area (Å²) in [5.74, 6) is 0.307. The van der Waals surface area contributed by atoms with E-state index in [1.165, 1.54) is 30.6 Å². The Kier molecular flexibility index (Phi) is 9.19. The number of anilines is 1. The minimum absolute atomic E-state index is 0.0111. The van der Waals surface area contributed by atoms with Crippen LogP contribution in [0.5, 0.6) is 0 Å². The quantitative estimate of drug-likeness (QED) is 0.335. The highest BCUT2D eigenvalue weighted by molar-refractivity contribution is 7.17. The molecule has 0 saturated heterocycles. The molecule has 1 aromatic rings. The Bertz CT molecular complexity index is 687. The number of nitrogens with one attached hydrogen (secondary N) is 1. The summed E-state index contributed by atoms with van der Waals surface area (Å²) in [7, 11) is 0. The van der Waals surface area contributed by atoms with E-state index in [0.29, 0.717) is 29.5 Å². The lowest BCUT2D eigenvalue weighted by Crippen LogP contribution is -2.26. The van der Waals surface area contributed by atoms with Crippen molar-refractivity contribution in [1.29, 1.82) is 0 Å². The van der Waals surface area contributed by atoms with E-state index in [-0.39, 0.29) is 17.3 Å². The highest BCUT2D eigenvalue weighted by atomic mass is 32.1. The molecule has 164 valence electrons. The van der Waals surface area contributed by atoms with Gasteiger partial charge in [0.1, 0.15) is 5.00 Å². The second kappa shape index (κ2) is 11.1. The summed E-state index contributed by atoms with van der Waals surface area (Å²) in [5.41, 5.74) is 1.95. The number of carbonyl (C=O) groups excluding carboxylic acids is 2. The van der Waals surface area contributed by atoms with Crippen molar-refractivity contribution >= 4 is 28.2 Å². The van der Waals surface area contributed by atoms with Gasteiger partial charge >= 0.3 is 5.97 Å². The number of hydrogen-bond acceptors (Lipinski definition) is 4. The van der Waals surface area contributed by atoms with E-state index in [2.05, 4.69) is 33.0 Å². The van der Waals surface area contributed by atoms with Crippen molar-refractivity contribution < 1.29 is 14.3 Å². The first-order valence-electron chi connectivity index (χ1n) is 11.4. The predicted octanol–water partition coefficient (Wildman–Crippen LogP) is 6.76. The zero-order chi connectivity index (χ0) is 21.4. The molecule has 1 amide bonds. The molecule has 0 radical (unpaired) electrons. The molecule has 0 saturated carbocycles. The van der Waals surface area contributed by atoms with Crippen LogP contribution in [-0.4, -0.2) is 18.5 Å². The summed E-state index contributed by atoms with van der Waals surface area (Å²) < 4.78 is 5.32. The maximum Gasteiger partial charge on any atom is 0.341 e. The Morgan fingerprint density at radius 3 is 2.45 bits per heavy atom. The molecule has 1 aliphatic carbocycles. The Morgan fingerprint density at radius 1 is 1.10 bits per heavy atom. The Labute approximate surface area is 180 Å². The minimum atomic E-state index is -0.297. The number of rotatable bonds is 10. The second-order valence-electron chi connectivity index (χ2n) is 9.30. The van der Waals surface area contributed by atoms with E-state index in [1.54, 1.807) is 11.3 Å². The maximum atomic E-state index is 12.7. The van der Waals surface area contributed by atoms with E-state index >= 15 is 0 Å². The fraction of sp³-hybridized carbons (Fsp3) is 0.750. The summed E-state index contributed by atoms with van der Waals surface area (Å²) in [6.07, 6.45) is 10.4. The molecule has 0 bridgehead atoms. The molecular formula is C24H39NO3S. The summed E-state index contributed by atoms with van der Waals surface area (Å²) >= 11 is 1.58. The molecule has 5 heteroatoms. The number of carbonyl (C=O) groups is 2. The number of ether oxygens (including phenoxy) is 1. The lowest BCUT2D eigenvalue weighted by atomic mass is 9.72. The molecule has 1 heterocycles. The van der Waals surface area contributed by atoms with Crippen molar-refractivity contribution in [3.8, 4) is 0 Å². The molecule has 1 aromatic heterocycles. The molecule has 2 rings (SSSR count). The number of fused-ring (bicyclic) bond motifs is 1. The lowest BCUT2D eigenvalue weighted by molar-refractivity contribution is -0.116. The van der Waals surface area contributed by atoms with E-state index < -0.39 is 0 Å². The molecule has 1 unspecified atom stereocenters. The third kappa shape index (κ3) is 6.84. The van der Waals surface area contributed by atoms with Gasteiger partial charge in [-0.2, -0.15) is 0 Å². The first-order valence-corrected chi connectivity index (χ1v) is 12.2. The number of thiophene rings is 1. The minimum Gasteiger partial charge on any atom is -0.462 e. The van der Waals surface area contributed by atoms with Gasteiger partial charge in [0.05, 0.1) is 12.2 Å². The van der Waals surface area contributed by atoms with Crippen LogP contribution in [0.2, 0.25) is 0 Å². The van der Waals surface area contributed by atoms with Crippen molar-refractivity contribution in [2.45, 2.75) is 98.8 Å². The molecule has 0 aromatic carbocycles. The molecule has 29 heavy (non-hydrogen) atoms. The average Bonchev–Trinajstić information content (AvgIpc) is 3.01. The van der Waals surface area contributed by atoms with Gasteiger partial charge in [-0.3, -0.25) is 4.79 Å². The average molecular weight is 422 g/mol. The van der Waals surface area contributed by atoms with Crippen LogP contribution in [0.4, 0.5) is 5.00 Å². The van der Waals surface area contributed by atoms with Crippen LogP contribution < -0.4 is 5.32 Å². The van der Waals surface area contributed by atoms with E-state index in [4.69, 9.17) is 4.74 Å². The first kappa shape index (κ1) is 23.9. The van der Waals surface area contributed by atoms with Crippen LogP contribution in [0.15, 0.2) is 0 Å². The van der Waals surface area contributed by atoms with E-state index in [0.717, 1.165) is 37.7 Å². The van der Waals surface area contributed by atoms with Gasteiger partial charge in [0.2, 0.25) is 5.91 Å². The van der Waals surface area contributed by atoms with Gasteiger partial charge in [0.15, 0.2) is 0 Å². The summed E-state index contributed by atoms with van der Waals surface area (Å²) in [5, 5.41) is 3.73. The fourth-order valence-corrected chi connectivity index (χ4v) is 5.42. The Hall–Kier alpha value is -1.36. The van der Waals surface area contributed by atoms with Crippen molar-refractivity contribution in [3.63, 3.8) is 0 Å². The number of hydrogen-bond donors (Lipinski definition) is 1. The molecule has 0 aliphatic heterocycles. The van der Waals surface area contributed by atoms with Crippen LogP contribution in [0.3, 0.4) is 0 Å². The molecule has 1 atom stereocenters. The zero-order valence-electron chi connectivity index (χ0n) is 19.0. The Morgan fingerprint density at radius 2 is 1.79 bits per heavy atom. The van der Waals surface area contributed by atoms with Gasteiger partial charge in [-0.1, -0.05) is 59.8 Å². The molecule has 1 N–H and O–H groups in total. The van der Waals surface area contributed by atoms with Crippen molar-refractivity contribution in [2.75, 3.05) is 11.9 Å². The van der Waals surface area contributed by atoms with Gasteiger partial charge in [-0.05, 0) is 49.5 Å². The molecule has 0 fully saturated rings. The number of unbranched alkanes of at least 4 members (excludes halogenated alkanes) is 5. The SMILES string of the molecule is CCCCCCCCC(=O)Nc1sc2c(c1C(=O)OCC)CCC(C(C)(C)C)C2. The maximum absolute atomic E-state index is 12.7. The van der Waals surface area contributed by atoms with Crippen LogP contribution in [-0.2, 0) is 22.4 Å². The molecule has 0 spiro atoms. The van der Waals surface area contributed by atoms with Crippen LogP contribution in [0, 0.1) is 11.3 Å². The smallest absolute Gasteiger partial charge is 0.341 e. The van der Waals surface area contributed by atoms with Crippen molar-refractivity contribution in [2.24, 2.45) is 11.3 Å². The highest BCUT2D eigenvalue weighted by Crippen LogP contribution is 2.44. The first-order chi connectivity index (χ1) is 13.8. The summed E-state index contributed by atoms with van der Waals surface area (Å²) in [4.78, 5) is 26.4. The Balaban J connectivity index is 2.07. The lowest BCUT2D eigenvalue weighted by Gasteiger charge is -2.33. The van der Waals surface area contributed by atoms with Gasteiger partial charge < -0.3 is 10.1 Å². The molecular weight excluding hydrogens is 382 g/mol. The number of amides is 1.